The maximum atomic E-state index is 12.1. The summed E-state index contributed by atoms with van der Waals surface area (Å²) in [5.41, 5.74) is 1.33. The zero-order valence-corrected chi connectivity index (χ0v) is 56.9. The van der Waals surface area contributed by atoms with E-state index in [0.717, 1.165) is 31.2 Å². The molecule has 0 radical (unpaired) electrons. The van der Waals surface area contributed by atoms with E-state index in [9.17, 15) is 57.5 Å². The van der Waals surface area contributed by atoms with Gasteiger partial charge in [-0.1, -0.05) is 164 Å². The summed E-state index contributed by atoms with van der Waals surface area (Å²) in [5.74, 6) is -8.76. The molecule has 0 heterocycles. The molecule has 1 saturated carbocycles. The summed E-state index contributed by atoms with van der Waals surface area (Å²) < 4.78 is 35.5. The van der Waals surface area contributed by atoms with E-state index in [-0.39, 0.29) is 86.1 Å². The van der Waals surface area contributed by atoms with Crippen LogP contribution in [0.1, 0.15) is 169 Å². The van der Waals surface area contributed by atoms with Crippen molar-refractivity contribution in [1.29, 1.82) is 0 Å². The van der Waals surface area contributed by atoms with Crippen LogP contribution in [0.2, 0.25) is 0 Å². The molecule has 5 N–H and O–H groups in total. The van der Waals surface area contributed by atoms with E-state index in [1.54, 1.807) is 153 Å². The maximum absolute atomic E-state index is 12.1. The molecule has 10 aromatic rings. The van der Waals surface area contributed by atoms with Gasteiger partial charge in [0.05, 0.1) is 80.5 Å². The van der Waals surface area contributed by atoms with Gasteiger partial charge in [0.15, 0.2) is 0 Å². The van der Waals surface area contributed by atoms with Gasteiger partial charge in [-0.3, -0.25) is 0 Å². The number of aromatic carboxylic acids is 5. The minimum absolute atomic E-state index is 0.00157. The van der Waals surface area contributed by atoms with E-state index < -0.39 is 71.6 Å². The Bertz CT molecular complexity index is 4610. The molecule has 0 bridgehead atoms. The number of carbonyl (C=O) groups is 12. The van der Waals surface area contributed by atoms with Gasteiger partial charge in [-0.05, 0) is 147 Å². The highest BCUT2D eigenvalue weighted by Gasteiger charge is 2.25. The Morgan fingerprint density at radius 2 is 0.519 bits per heavy atom. The van der Waals surface area contributed by atoms with E-state index in [1.165, 1.54) is 92.4 Å². The minimum atomic E-state index is -1.23. The van der Waals surface area contributed by atoms with Crippen LogP contribution < -0.4 is 14.2 Å². The monoisotopic (exact) mass is 1440 g/mol. The second-order valence-electron chi connectivity index (χ2n) is 21.8. The number of carboxylic acids is 5. The van der Waals surface area contributed by atoms with Gasteiger partial charge in [0, 0.05) is 0 Å². The fourth-order valence-corrected chi connectivity index (χ4v) is 9.55. The molecule has 106 heavy (non-hydrogen) atoms. The Balaban J connectivity index is 0.000000200. The average molecular weight is 1440 g/mol. The first-order valence-electron chi connectivity index (χ1n) is 32.3. The second kappa shape index (κ2) is 42.8. The first-order chi connectivity index (χ1) is 51.1. The van der Waals surface area contributed by atoms with Crippen molar-refractivity contribution in [3.05, 3.63) is 339 Å². The lowest BCUT2D eigenvalue weighted by molar-refractivity contribution is 0.0205. The largest absolute Gasteiger partial charge is 0.478 e. The molecule has 0 saturated heterocycles. The summed E-state index contributed by atoms with van der Waals surface area (Å²) in [4.78, 5) is 137. The lowest BCUT2D eigenvalue weighted by Crippen LogP contribution is -2.22. The summed E-state index contributed by atoms with van der Waals surface area (Å²) in [6.07, 6.45) is 5.01. The summed E-state index contributed by atoms with van der Waals surface area (Å²) in [5, 5.41) is 44.1. The highest BCUT2D eigenvalue weighted by molar-refractivity contribution is 6.07. The number of para-hydroxylation sites is 3. The van der Waals surface area contributed by atoms with Crippen molar-refractivity contribution in [3.8, 4) is 17.2 Å². The number of hydrogen-bond acceptors (Lipinski definition) is 19. The van der Waals surface area contributed by atoms with Gasteiger partial charge >= 0.3 is 71.6 Å². The van der Waals surface area contributed by atoms with E-state index in [0.29, 0.717) is 17.2 Å². The van der Waals surface area contributed by atoms with E-state index >= 15 is 0 Å². The molecular weight excluding hydrogens is 1370 g/mol. The third kappa shape index (κ3) is 25.8. The van der Waals surface area contributed by atoms with Crippen LogP contribution in [0.3, 0.4) is 0 Å². The van der Waals surface area contributed by atoms with Gasteiger partial charge in [0.25, 0.3) is 0 Å². The number of carbonyl (C=O) groups excluding carboxylic acids is 7. The van der Waals surface area contributed by atoms with Crippen molar-refractivity contribution in [2.24, 2.45) is 0 Å². The van der Waals surface area contributed by atoms with Crippen molar-refractivity contribution in [2.45, 2.75) is 51.7 Å². The fraction of sp³-hybridized carbons (Fsp3) is 0.122. The lowest BCUT2D eigenvalue weighted by atomic mass is 9.97. The van der Waals surface area contributed by atoms with Crippen molar-refractivity contribution in [2.75, 3.05) is 13.7 Å². The number of rotatable bonds is 19. The van der Waals surface area contributed by atoms with Crippen LogP contribution in [0.5, 0.6) is 17.2 Å². The molecule has 24 nitrogen and oxygen atoms in total. The molecule has 24 heteroatoms. The number of esters is 7. The van der Waals surface area contributed by atoms with Gasteiger partial charge in [0.1, 0.15) is 30.0 Å². The highest BCUT2D eigenvalue weighted by Crippen LogP contribution is 2.24. The SMILES string of the molecule is CCOC(=O)c1ccccc1C(=O)Oc1ccccc1.COC(=O)c1ccccc1C(=O)Oc1ccccc1.O=C(O)c1ccccc1C(=O)O.O=C(O)c1ccccc1C(=O)OC1CCCCC1.O=C(O)c1ccccc1C(=O)OCc1ccccc1.O=C(O)c1ccccc1C(=O)Oc1ccccc1. The number of hydrogen-bond donors (Lipinski definition) is 5. The van der Waals surface area contributed by atoms with E-state index in [2.05, 4.69) is 4.74 Å². The van der Waals surface area contributed by atoms with Crippen LogP contribution in [-0.4, -0.2) is 117 Å². The molecule has 11 rings (SSSR count). The Kier molecular flexibility index (Phi) is 32.7. The van der Waals surface area contributed by atoms with Crippen molar-refractivity contribution >= 4 is 71.6 Å². The molecule has 0 amide bonds. The molecule has 10 aromatic carbocycles. The van der Waals surface area contributed by atoms with E-state index in [1.807, 2.05) is 42.5 Å². The quantitative estimate of drug-likeness (QED) is 0.0285. The molecule has 1 aliphatic rings. The molecule has 0 aromatic heterocycles. The van der Waals surface area contributed by atoms with Crippen LogP contribution in [0, 0.1) is 0 Å². The maximum Gasteiger partial charge on any atom is 0.344 e. The lowest BCUT2D eigenvalue weighted by Gasteiger charge is -2.22. The number of benzene rings is 10. The normalized spacial score (nSPS) is 10.8. The molecule has 0 aliphatic heterocycles. The van der Waals surface area contributed by atoms with Crippen LogP contribution in [0.4, 0.5) is 0 Å². The molecule has 0 spiro atoms. The predicted molar refractivity (Wildman–Crippen MR) is 383 cm³/mol. The first kappa shape index (κ1) is 80.8. The number of methoxy groups -OCH3 is 1. The fourth-order valence-electron chi connectivity index (χ4n) is 9.55. The molecule has 1 fully saturated rings. The van der Waals surface area contributed by atoms with Gasteiger partial charge < -0.3 is 58.7 Å². The number of ether oxygens (including phenoxy) is 7. The summed E-state index contributed by atoms with van der Waals surface area (Å²) in [6, 6.07) is 71.4. The average Bonchev–Trinajstić information content (AvgIpc) is 0.870. The topological polar surface area (TPSA) is 371 Å². The standard InChI is InChI=1S/C16H14O4.2C15H12O4.C14H16O4.C14H10O4.C8H6O4/c1-2-19-15(17)13-10-6-7-11-14(13)16(18)20-12-8-4-3-5-9-12;1-18-14(16)12-9-5-6-10-13(12)15(17)19-11-7-3-2-4-8-11;16-14(17)12-8-4-5-9-13(12)15(18)19-10-11-6-2-1-3-7-11;2*15-13(16)11-8-4-5-9-12(11)14(17)18-10-6-2-1-3-7-10;9-7(10)5-3-1-2-4-6(5)8(11)12/h3-11H,2H2,1H3;2-10H,1H3;1-9H,10H2,(H,16,17);4-5,8-10H,1-3,6-7H2,(H,15,16);1-9H,(H,15,16);1-4H,(H,9,10)(H,11,12). The molecule has 1 aliphatic carbocycles. The van der Waals surface area contributed by atoms with Crippen molar-refractivity contribution < 1.29 is 116 Å². The second-order valence-corrected chi connectivity index (χ2v) is 21.8. The summed E-state index contributed by atoms with van der Waals surface area (Å²) in [6.45, 7) is 2.08. The number of carboxylic acid groups (broad SMARTS) is 5. The smallest absolute Gasteiger partial charge is 0.344 e. The van der Waals surface area contributed by atoms with Crippen molar-refractivity contribution in [1.82, 2.24) is 0 Å². The third-order valence-corrected chi connectivity index (χ3v) is 14.6. The minimum Gasteiger partial charge on any atom is -0.478 e. The third-order valence-electron chi connectivity index (χ3n) is 14.6. The van der Waals surface area contributed by atoms with Crippen LogP contribution >= 0.6 is 0 Å². The van der Waals surface area contributed by atoms with Crippen LogP contribution in [0.25, 0.3) is 0 Å². The van der Waals surface area contributed by atoms with Gasteiger partial charge in [-0.2, -0.15) is 0 Å². The molecule has 0 atom stereocenters. The van der Waals surface area contributed by atoms with Crippen molar-refractivity contribution in [3.63, 3.8) is 0 Å². The zero-order chi connectivity index (χ0) is 76.8. The molecule has 0 unspecified atom stereocenters. The molecule has 542 valence electrons. The Labute approximate surface area is 607 Å². The highest BCUT2D eigenvalue weighted by atomic mass is 16.6. The Hall–Kier alpha value is -14.2. The Morgan fingerprint density at radius 3 is 0.821 bits per heavy atom. The van der Waals surface area contributed by atoms with Gasteiger partial charge in [-0.25, -0.2) is 57.5 Å². The zero-order valence-electron chi connectivity index (χ0n) is 56.9. The van der Waals surface area contributed by atoms with Crippen LogP contribution in [-0.2, 0) is 25.6 Å². The molecular formula is C82H70O24. The van der Waals surface area contributed by atoms with Gasteiger partial charge in [-0.15, -0.1) is 0 Å². The summed E-state index contributed by atoms with van der Waals surface area (Å²) >= 11 is 0. The first-order valence-corrected chi connectivity index (χ1v) is 32.3. The predicted octanol–water partition coefficient (Wildman–Crippen LogP) is 15.1. The van der Waals surface area contributed by atoms with Gasteiger partial charge in [0.2, 0.25) is 0 Å². The Morgan fingerprint density at radius 1 is 0.283 bits per heavy atom. The summed E-state index contributed by atoms with van der Waals surface area (Å²) in [7, 11) is 1.27. The van der Waals surface area contributed by atoms with E-state index in [4.69, 9.17) is 54.0 Å². The van der Waals surface area contributed by atoms with Crippen LogP contribution in [0.15, 0.2) is 267 Å².